The van der Waals surface area contributed by atoms with E-state index in [1.807, 2.05) is 63.2 Å². The molecule has 240 valence electrons. The molecule has 2 aromatic rings. The quantitative estimate of drug-likeness (QED) is 0.295. The minimum absolute atomic E-state index is 0.142. The average molecular weight is 634 g/mol. The molecule has 9 heteroatoms. The van der Waals surface area contributed by atoms with Crippen LogP contribution in [0.25, 0.3) is 0 Å². The van der Waals surface area contributed by atoms with Gasteiger partial charge in [-0.3, -0.25) is 14.4 Å². The van der Waals surface area contributed by atoms with Crippen LogP contribution in [0, 0.1) is 18.8 Å². The maximum Gasteiger partial charge on any atom is 0.253 e. The fourth-order valence-corrected chi connectivity index (χ4v) is 8.45. The number of nitrogens with zero attached hydrogens (tertiary/aromatic N) is 3. The highest BCUT2D eigenvalue weighted by Crippen LogP contribution is 2.65. The number of anilines is 1. The minimum Gasteiger partial charge on any atom is -0.394 e. The fourth-order valence-electron chi connectivity index (χ4n) is 8.12. The molecule has 45 heavy (non-hydrogen) atoms. The van der Waals surface area contributed by atoms with Crippen molar-refractivity contribution in [2.24, 2.45) is 11.8 Å². The number of aryl methyl sites for hydroxylation is 1. The van der Waals surface area contributed by atoms with Crippen LogP contribution in [0.15, 0.2) is 73.8 Å². The van der Waals surface area contributed by atoms with Gasteiger partial charge in [0.2, 0.25) is 11.8 Å². The van der Waals surface area contributed by atoms with E-state index in [2.05, 4.69) is 13.2 Å². The summed E-state index contributed by atoms with van der Waals surface area (Å²) < 4.78 is 7.03. The van der Waals surface area contributed by atoms with Crippen molar-refractivity contribution in [1.29, 1.82) is 0 Å². The van der Waals surface area contributed by atoms with Gasteiger partial charge in [0.15, 0.2) is 0 Å². The molecule has 6 atom stereocenters. The van der Waals surface area contributed by atoms with E-state index in [4.69, 9.17) is 16.3 Å². The van der Waals surface area contributed by atoms with Crippen LogP contribution in [0.5, 0.6) is 0 Å². The van der Waals surface area contributed by atoms with Crippen molar-refractivity contribution in [1.82, 2.24) is 9.80 Å². The maximum atomic E-state index is 15.1. The lowest BCUT2D eigenvalue weighted by atomic mass is 9.64. The van der Waals surface area contributed by atoms with Crippen LogP contribution in [0.1, 0.15) is 56.7 Å². The molecule has 3 heterocycles. The number of likely N-dealkylation sites (tertiary alicyclic amines) is 1. The molecule has 1 N–H and O–H groups in total. The number of amides is 3. The summed E-state index contributed by atoms with van der Waals surface area (Å²) in [5, 5.41) is 11.2. The number of aliphatic hydroxyl groups excluding tert-OH is 1. The highest BCUT2D eigenvalue weighted by Gasteiger charge is 2.79. The number of para-hydroxylation sites is 1. The molecular formula is C36H44ClN3O5. The number of halogens is 1. The van der Waals surface area contributed by atoms with Crippen molar-refractivity contribution in [2.45, 2.75) is 69.7 Å². The number of carbonyl (C=O) groups excluding carboxylic acids is 3. The van der Waals surface area contributed by atoms with Crippen molar-refractivity contribution >= 4 is 35.0 Å². The second-order valence-corrected chi connectivity index (χ2v) is 12.8. The molecule has 3 saturated heterocycles. The fraction of sp³-hybridized carbons (Fsp3) is 0.472. The predicted molar refractivity (Wildman–Crippen MR) is 176 cm³/mol. The summed E-state index contributed by atoms with van der Waals surface area (Å²) in [6.45, 7) is 14.2. The zero-order valence-electron chi connectivity index (χ0n) is 26.5. The molecule has 1 spiro atoms. The second-order valence-electron chi connectivity index (χ2n) is 12.4. The molecule has 3 aliphatic rings. The van der Waals surface area contributed by atoms with Gasteiger partial charge in [-0.2, -0.15) is 0 Å². The lowest BCUT2D eigenvalue weighted by Crippen LogP contribution is -2.57. The summed E-state index contributed by atoms with van der Waals surface area (Å²) >= 11 is 6.71. The third kappa shape index (κ3) is 5.21. The van der Waals surface area contributed by atoms with E-state index in [0.29, 0.717) is 48.6 Å². The molecule has 5 rings (SSSR count). The van der Waals surface area contributed by atoms with Crippen molar-refractivity contribution in [2.75, 3.05) is 31.1 Å². The van der Waals surface area contributed by atoms with Crippen molar-refractivity contribution in [3.63, 3.8) is 0 Å². The van der Waals surface area contributed by atoms with E-state index in [-0.39, 0.29) is 24.3 Å². The van der Waals surface area contributed by atoms with Crippen LogP contribution < -0.4 is 4.90 Å². The SMILES string of the molecule is C=CCN(CCC)C(=O)[C@@H]1[C@H]2C(=O)N([C@H](CO)c3ccccc3)C(C(=O)N(CC=C)c3c(C)cccc3Cl)C23CC[C@@]1(CC)O3. The summed E-state index contributed by atoms with van der Waals surface area (Å²) in [5.41, 5.74) is -0.150. The van der Waals surface area contributed by atoms with Crippen LogP contribution in [0.2, 0.25) is 5.02 Å². The van der Waals surface area contributed by atoms with E-state index in [0.717, 1.165) is 12.0 Å². The molecule has 2 aromatic carbocycles. The molecule has 0 aromatic heterocycles. The van der Waals surface area contributed by atoms with Gasteiger partial charge in [-0.1, -0.05) is 80.1 Å². The van der Waals surface area contributed by atoms with Gasteiger partial charge >= 0.3 is 0 Å². The minimum atomic E-state index is -1.27. The number of carbonyl (C=O) groups is 3. The summed E-state index contributed by atoms with van der Waals surface area (Å²) in [4.78, 5) is 49.4. The Kier molecular flexibility index (Phi) is 9.59. The average Bonchev–Trinajstić information content (AvgIpc) is 3.64. The lowest BCUT2D eigenvalue weighted by molar-refractivity contribution is -0.153. The zero-order chi connectivity index (χ0) is 32.5. The summed E-state index contributed by atoms with van der Waals surface area (Å²) in [5.74, 6) is -2.56. The standard InChI is InChI=1S/C36H44ClN3O5/c1-6-20-38(21-7-2)32(42)28-29-33(43)40(27(23-41)25-15-11-10-12-16-25)31(36(29)19-18-35(28,9-4)45-36)34(44)39(22-8-3)30-24(5)14-13-17-26(30)37/h6,8,10-17,27-29,31,41H,1,3,7,9,18-23H2,2,4-5H3/t27-,28+,29+,31?,35-,36?/m1/s1. The first-order chi connectivity index (χ1) is 21.7. The van der Waals surface area contributed by atoms with E-state index in [9.17, 15) is 14.7 Å². The highest BCUT2D eigenvalue weighted by molar-refractivity contribution is 6.34. The number of hydrogen-bond donors (Lipinski definition) is 1. The van der Waals surface area contributed by atoms with E-state index in [1.54, 1.807) is 28.0 Å². The number of hydrogen-bond acceptors (Lipinski definition) is 5. The second kappa shape index (κ2) is 13.1. The molecule has 0 aliphatic carbocycles. The highest BCUT2D eigenvalue weighted by atomic mass is 35.5. The van der Waals surface area contributed by atoms with Gasteiger partial charge in [0.05, 0.1) is 40.8 Å². The number of benzene rings is 2. The first-order valence-corrected chi connectivity index (χ1v) is 16.3. The number of ether oxygens (including phenoxy) is 1. The maximum absolute atomic E-state index is 15.1. The summed E-state index contributed by atoms with van der Waals surface area (Å²) in [6.07, 6.45) is 5.56. The molecule has 2 unspecified atom stereocenters. The Labute approximate surface area is 271 Å². The largest absolute Gasteiger partial charge is 0.394 e. The van der Waals surface area contributed by atoms with Crippen LogP contribution in [-0.2, 0) is 19.1 Å². The van der Waals surface area contributed by atoms with Gasteiger partial charge in [0.25, 0.3) is 5.91 Å². The molecular weight excluding hydrogens is 590 g/mol. The predicted octanol–water partition coefficient (Wildman–Crippen LogP) is 5.48. The number of rotatable bonds is 13. The number of fused-ring (bicyclic) bond motifs is 1. The van der Waals surface area contributed by atoms with Crippen molar-refractivity contribution < 1.29 is 24.2 Å². The molecule has 3 aliphatic heterocycles. The Morgan fingerprint density at radius 3 is 2.40 bits per heavy atom. The van der Waals surface area contributed by atoms with Gasteiger partial charge < -0.3 is 24.5 Å². The third-order valence-corrected chi connectivity index (χ3v) is 10.3. The molecule has 8 nitrogen and oxygen atoms in total. The molecule has 3 fully saturated rings. The first kappa shape index (κ1) is 32.9. The first-order valence-electron chi connectivity index (χ1n) is 15.9. The molecule has 2 bridgehead atoms. The van der Waals surface area contributed by atoms with Crippen molar-refractivity contribution in [3.05, 3.63) is 90.0 Å². The lowest BCUT2D eigenvalue weighted by Gasteiger charge is -2.40. The Balaban J connectivity index is 1.71. The topological polar surface area (TPSA) is 90.4 Å². The third-order valence-electron chi connectivity index (χ3n) is 10.0. The van der Waals surface area contributed by atoms with Crippen LogP contribution >= 0.6 is 11.6 Å². The van der Waals surface area contributed by atoms with E-state index in [1.165, 1.54) is 4.90 Å². The van der Waals surface area contributed by atoms with Crippen LogP contribution in [-0.4, -0.2) is 76.1 Å². The van der Waals surface area contributed by atoms with E-state index < -0.39 is 41.7 Å². The van der Waals surface area contributed by atoms with Crippen LogP contribution in [0.3, 0.4) is 0 Å². The van der Waals surface area contributed by atoms with E-state index >= 15 is 4.79 Å². The molecule has 3 amide bonds. The Bertz CT molecular complexity index is 1450. The van der Waals surface area contributed by atoms with Gasteiger partial charge in [-0.15, -0.1) is 13.2 Å². The Hall–Kier alpha value is -3.46. The van der Waals surface area contributed by atoms with Gasteiger partial charge in [-0.05, 0) is 49.8 Å². The van der Waals surface area contributed by atoms with Crippen molar-refractivity contribution in [3.8, 4) is 0 Å². The van der Waals surface area contributed by atoms with Gasteiger partial charge in [0, 0.05) is 19.6 Å². The van der Waals surface area contributed by atoms with Gasteiger partial charge in [0.1, 0.15) is 11.6 Å². The number of aliphatic hydroxyl groups is 1. The molecule has 0 radical (unpaired) electrons. The normalized spacial score (nSPS) is 27.3. The van der Waals surface area contributed by atoms with Gasteiger partial charge in [-0.25, -0.2) is 0 Å². The smallest absolute Gasteiger partial charge is 0.253 e. The summed E-state index contributed by atoms with van der Waals surface area (Å²) in [6, 6.07) is 12.7. The van der Waals surface area contributed by atoms with Crippen LogP contribution in [0.4, 0.5) is 5.69 Å². The Morgan fingerprint density at radius 2 is 1.80 bits per heavy atom. The monoisotopic (exact) mass is 633 g/mol. The molecule has 0 saturated carbocycles. The zero-order valence-corrected chi connectivity index (χ0v) is 27.2. The summed E-state index contributed by atoms with van der Waals surface area (Å²) in [7, 11) is 0. The Morgan fingerprint density at radius 1 is 1.09 bits per heavy atom.